The Morgan fingerprint density at radius 2 is 1.71 bits per heavy atom. The van der Waals surface area contributed by atoms with Gasteiger partial charge in [-0.05, 0) is 54.7 Å². The van der Waals surface area contributed by atoms with E-state index in [0.29, 0.717) is 12.0 Å². The Morgan fingerprint density at radius 3 is 2.35 bits per heavy atom. The smallest absolute Gasteiger partial charge is 0.327 e. The molecule has 9 heteroatoms. The second kappa shape index (κ2) is 9.88. The van der Waals surface area contributed by atoms with Crippen LogP contribution >= 0.6 is 0 Å². The number of hydrogen-bond acceptors (Lipinski definition) is 5. The van der Waals surface area contributed by atoms with E-state index in [0.717, 1.165) is 40.6 Å². The number of carbonyl (C=O) groups is 4. The number of aromatic nitrogens is 1. The lowest BCUT2D eigenvalue weighted by Gasteiger charge is -2.22. The number of hydrogen-bond donors (Lipinski definition) is 4. The van der Waals surface area contributed by atoms with Crippen molar-refractivity contribution in [3.8, 4) is 0 Å². The monoisotopic (exact) mass is 463 g/mol. The molecule has 0 saturated heterocycles. The van der Waals surface area contributed by atoms with Gasteiger partial charge in [0.25, 0.3) is 11.8 Å². The minimum Gasteiger partial charge on any atom is -0.480 e. The Bertz CT molecular complexity index is 1230. The molecule has 0 bridgehead atoms. The van der Waals surface area contributed by atoms with Gasteiger partial charge in [0.2, 0.25) is 5.91 Å². The van der Waals surface area contributed by atoms with Gasteiger partial charge in [0.1, 0.15) is 6.04 Å². The number of fused-ring (bicyclic) bond motifs is 2. The van der Waals surface area contributed by atoms with Crippen LogP contribution in [0.1, 0.15) is 57.5 Å². The lowest BCUT2D eigenvalue weighted by atomic mass is 10.00. The molecule has 0 radical (unpaired) electrons. The SMILES string of the molecule is O=C(CCCCCc1ccc2[nH]cc(CC(C(=O)O)N3C(=O)c4ccccc4C3=O)c2c1)NO. The van der Waals surface area contributed by atoms with Crippen molar-refractivity contribution >= 4 is 34.6 Å². The summed E-state index contributed by atoms with van der Waals surface area (Å²) < 4.78 is 0. The molecule has 1 aromatic heterocycles. The van der Waals surface area contributed by atoms with Gasteiger partial charge in [-0.3, -0.25) is 24.5 Å². The van der Waals surface area contributed by atoms with Crippen molar-refractivity contribution < 1.29 is 29.5 Å². The van der Waals surface area contributed by atoms with Crippen molar-refractivity contribution in [2.45, 2.75) is 44.6 Å². The van der Waals surface area contributed by atoms with Crippen LogP contribution in [0.2, 0.25) is 0 Å². The lowest BCUT2D eigenvalue weighted by molar-refractivity contribution is -0.141. The van der Waals surface area contributed by atoms with Crippen molar-refractivity contribution in [3.05, 3.63) is 70.9 Å². The first-order valence-electron chi connectivity index (χ1n) is 11.1. The summed E-state index contributed by atoms with van der Waals surface area (Å²) in [5.41, 5.74) is 4.67. The highest BCUT2D eigenvalue weighted by molar-refractivity contribution is 6.22. The normalized spacial score (nSPS) is 13.9. The number of amides is 3. The fraction of sp³-hybridized carbons (Fsp3) is 0.280. The van der Waals surface area contributed by atoms with E-state index in [-0.39, 0.29) is 24.0 Å². The molecular weight excluding hydrogens is 438 g/mol. The average Bonchev–Trinajstić information content (AvgIpc) is 3.35. The third kappa shape index (κ3) is 4.55. The van der Waals surface area contributed by atoms with Crippen LogP contribution in [-0.2, 0) is 22.4 Å². The lowest BCUT2D eigenvalue weighted by Crippen LogP contribution is -2.46. The number of H-pyrrole nitrogens is 1. The molecule has 0 aliphatic carbocycles. The summed E-state index contributed by atoms with van der Waals surface area (Å²) in [4.78, 5) is 52.8. The quantitative estimate of drug-likeness (QED) is 0.158. The van der Waals surface area contributed by atoms with E-state index >= 15 is 0 Å². The summed E-state index contributed by atoms with van der Waals surface area (Å²) >= 11 is 0. The number of benzene rings is 2. The fourth-order valence-corrected chi connectivity index (χ4v) is 4.39. The number of aromatic amines is 1. The zero-order chi connectivity index (χ0) is 24.2. The van der Waals surface area contributed by atoms with Crippen LogP contribution in [0.4, 0.5) is 0 Å². The van der Waals surface area contributed by atoms with E-state index in [1.165, 1.54) is 12.1 Å². The number of aryl methyl sites for hydroxylation is 1. The Morgan fingerprint density at radius 1 is 1.00 bits per heavy atom. The number of aliphatic carboxylic acids is 1. The maximum atomic E-state index is 12.8. The van der Waals surface area contributed by atoms with Gasteiger partial charge in [-0.15, -0.1) is 0 Å². The van der Waals surface area contributed by atoms with E-state index in [2.05, 4.69) is 4.98 Å². The first-order valence-corrected chi connectivity index (χ1v) is 11.1. The molecule has 0 spiro atoms. The molecule has 1 unspecified atom stereocenters. The zero-order valence-electron chi connectivity index (χ0n) is 18.4. The van der Waals surface area contributed by atoms with Crippen LogP contribution in [0, 0.1) is 0 Å². The zero-order valence-corrected chi connectivity index (χ0v) is 18.4. The van der Waals surface area contributed by atoms with Crippen molar-refractivity contribution in [2.24, 2.45) is 0 Å². The summed E-state index contributed by atoms with van der Waals surface area (Å²) in [6, 6.07) is 10.9. The van der Waals surface area contributed by atoms with E-state index < -0.39 is 29.7 Å². The molecule has 0 fully saturated rings. The Balaban J connectivity index is 1.50. The van der Waals surface area contributed by atoms with E-state index in [1.807, 2.05) is 18.2 Å². The molecule has 0 saturated carbocycles. The number of carboxylic acid groups (broad SMARTS) is 1. The third-order valence-corrected chi connectivity index (χ3v) is 6.16. The number of nitrogens with one attached hydrogen (secondary N) is 2. The Hall–Kier alpha value is -3.98. The van der Waals surface area contributed by atoms with Gasteiger partial charge in [0.15, 0.2) is 0 Å². The molecule has 3 amide bonds. The van der Waals surface area contributed by atoms with Gasteiger partial charge in [0.05, 0.1) is 11.1 Å². The number of hydroxylamine groups is 1. The molecule has 176 valence electrons. The number of imide groups is 1. The molecule has 4 N–H and O–H groups in total. The first kappa shape index (κ1) is 23.2. The highest BCUT2D eigenvalue weighted by Gasteiger charge is 2.42. The second-order valence-corrected chi connectivity index (χ2v) is 8.37. The molecule has 1 aliphatic rings. The minimum absolute atomic E-state index is 0.0134. The van der Waals surface area contributed by atoms with Gasteiger partial charge in [0, 0.05) is 29.9 Å². The molecule has 2 aromatic carbocycles. The molecule has 3 aromatic rings. The number of rotatable bonds is 10. The van der Waals surface area contributed by atoms with Gasteiger partial charge in [-0.1, -0.05) is 24.6 Å². The van der Waals surface area contributed by atoms with Gasteiger partial charge in [-0.25, -0.2) is 10.3 Å². The Kier molecular flexibility index (Phi) is 6.74. The third-order valence-electron chi connectivity index (χ3n) is 6.16. The van der Waals surface area contributed by atoms with Crippen molar-refractivity contribution in [2.75, 3.05) is 0 Å². The standard InChI is InChI=1S/C25H25N3O6/c29-22(27-34)9-3-1-2-6-15-10-11-20-19(12-15)16(14-26-20)13-21(25(32)33)28-23(30)17-7-4-5-8-18(17)24(28)31/h4-5,7-8,10-12,14,21,26,34H,1-3,6,9,13H2,(H,27,29)(H,32,33). The molecule has 9 nitrogen and oxygen atoms in total. The van der Waals surface area contributed by atoms with E-state index in [4.69, 9.17) is 5.21 Å². The summed E-state index contributed by atoms with van der Waals surface area (Å²) in [6.45, 7) is 0. The van der Waals surface area contributed by atoms with Crippen LogP contribution in [0.15, 0.2) is 48.7 Å². The summed E-state index contributed by atoms with van der Waals surface area (Å²) in [5.74, 6) is -2.83. The first-order chi connectivity index (χ1) is 16.4. The van der Waals surface area contributed by atoms with Crippen LogP contribution < -0.4 is 5.48 Å². The predicted octanol–water partition coefficient (Wildman–Crippen LogP) is 3.07. The highest BCUT2D eigenvalue weighted by atomic mass is 16.5. The molecule has 34 heavy (non-hydrogen) atoms. The maximum Gasteiger partial charge on any atom is 0.327 e. The van der Waals surface area contributed by atoms with E-state index in [1.54, 1.807) is 23.8 Å². The highest BCUT2D eigenvalue weighted by Crippen LogP contribution is 2.28. The maximum absolute atomic E-state index is 12.8. The number of nitrogens with zero attached hydrogens (tertiary/aromatic N) is 1. The second-order valence-electron chi connectivity index (χ2n) is 8.37. The van der Waals surface area contributed by atoms with E-state index in [9.17, 15) is 24.3 Å². The van der Waals surface area contributed by atoms with Crippen LogP contribution in [0.25, 0.3) is 10.9 Å². The summed E-state index contributed by atoms with van der Waals surface area (Å²) in [7, 11) is 0. The van der Waals surface area contributed by atoms with Gasteiger partial charge < -0.3 is 10.1 Å². The predicted molar refractivity (Wildman–Crippen MR) is 122 cm³/mol. The van der Waals surface area contributed by atoms with Crippen molar-refractivity contribution in [1.29, 1.82) is 0 Å². The summed E-state index contributed by atoms with van der Waals surface area (Å²) in [6.07, 6.45) is 5.11. The summed E-state index contributed by atoms with van der Waals surface area (Å²) in [5, 5.41) is 19.3. The molecular formula is C25H25N3O6. The molecule has 2 heterocycles. The van der Waals surface area contributed by atoms with Crippen molar-refractivity contribution in [3.63, 3.8) is 0 Å². The van der Waals surface area contributed by atoms with Crippen LogP contribution in [0.5, 0.6) is 0 Å². The number of carbonyl (C=O) groups excluding carboxylic acids is 3. The fourth-order valence-electron chi connectivity index (χ4n) is 4.39. The number of unbranched alkanes of at least 4 members (excludes halogenated alkanes) is 2. The average molecular weight is 463 g/mol. The minimum atomic E-state index is -1.33. The molecule has 1 aliphatic heterocycles. The molecule has 4 rings (SSSR count). The Labute approximate surface area is 195 Å². The van der Waals surface area contributed by atoms with Crippen LogP contribution in [-0.4, -0.2) is 49.9 Å². The largest absolute Gasteiger partial charge is 0.480 e. The molecule has 1 atom stereocenters. The number of carboxylic acids is 1. The van der Waals surface area contributed by atoms with Crippen LogP contribution in [0.3, 0.4) is 0 Å². The van der Waals surface area contributed by atoms with Gasteiger partial charge in [-0.2, -0.15) is 0 Å². The topological polar surface area (TPSA) is 140 Å². The van der Waals surface area contributed by atoms with Crippen molar-refractivity contribution in [1.82, 2.24) is 15.4 Å². The van der Waals surface area contributed by atoms with Gasteiger partial charge >= 0.3 is 5.97 Å².